The van der Waals surface area contributed by atoms with Gasteiger partial charge in [-0.15, -0.1) is 11.3 Å². The molecule has 0 atom stereocenters. The van der Waals surface area contributed by atoms with Crippen molar-refractivity contribution in [3.8, 4) is 21.7 Å². The number of aromatic nitrogens is 1. The molecule has 2 aromatic carbocycles. The number of benzene rings is 2. The Bertz CT molecular complexity index is 1220. The summed E-state index contributed by atoms with van der Waals surface area (Å²) >= 11 is 7.63. The number of nitrogens with zero attached hydrogens (tertiary/aromatic N) is 1. The lowest BCUT2D eigenvalue weighted by Gasteiger charge is -2.09. The summed E-state index contributed by atoms with van der Waals surface area (Å²) in [6.45, 7) is 0.194. The largest absolute Gasteiger partial charge is 0.255 e. The molecular formula is C22H17ClN2O2S2. The van der Waals surface area contributed by atoms with E-state index in [2.05, 4.69) is 9.71 Å². The average Bonchev–Trinajstić information content (AvgIpc) is 3.28. The molecule has 29 heavy (non-hydrogen) atoms. The van der Waals surface area contributed by atoms with Gasteiger partial charge in [-0.1, -0.05) is 41.9 Å². The van der Waals surface area contributed by atoms with Gasteiger partial charge < -0.3 is 0 Å². The van der Waals surface area contributed by atoms with Crippen LogP contribution in [0.5, 0.6) is 0 Å². The highest BCUT2D eigenvalue weighted by atomic mass is 35.5. The van der Waals surface area contributed by atoms with Gasteiger partial charge in [0.2, 0.25) is 10.0 Å². The van der Waals surface area contributed by atoms with Gasteiger partial charge in [0.25, 0.3) is 0 Å². The number of hydrogen-bond donors (Lipinski definition) is 1. The third-order valence-corrected chi connectivity index (χ3v) is 6.93. The SMILES string of the molecule is O=S(=O)(NCc1ccnc(-c2cccs2)c1)c1ccc(-c2cccc(Cl)c2)cc1. The molecule has 0 spiro atoms. The fraction of sp³-hybridized carbons (Fsp3) is 0.0455. The van der Waals surface area contributed by atoms with Gasteiger partial charge >= 0.3 is 0 Å². The molecule has 0 saturated carbocycles. The predicted molar refractivity (Wildman–Crippen MR) is 118 cm³/mol. The summed E-state index contributed by atoms with van der Waals surface area (Å²) in [7, 11) is -3.63. The standard InChI is InChI=1S/C22H17ClN2O2S2/c23-19-4-1-3-18(14-19)17-6-8-20(9-7-17)29(26,27)25-15-16-10-11-24-21(13-16)22-5-2-12-28-22/h1-14,25H,15H2. The van der Waals surface area contributed by atoms with Gasteiger partial charge in [0.15, 0.2) is 0 Å². The van der Waals surface area contributed by atoms with E-state index in [-0.39, 0.29) is 11.4 Å². The lowest BCUT2D eigenvalue weighted by Crippen LogP contribution is -2.23. The molecule has 0 amide bonds. The molecule has 1 N–H and O–H groups in total. The minimum Gasteiger partial charge on any atom is -0.255 e. The van der Waals surface area contributed by atoms with Crippen molar-refractivity contribution in [2.45, 2.75) is 11.4 Å². The van der Waals surface area contributed by atoms with Crippen molar-refractivity contribution >= 4 is 33.0 Å². The van der Waals surface area contributed by atoms with E-state index < -0.39 is 10.0 Å². The maximum absolute atomic E-state index is 12.7. The van der Waals surface area contributed by atoms with Crippen LogP contribution >= 0.6 is 22.9 Å². The summed E-state index contributed by atoms with van der Waals surface area (Å²) in [5, 5.41) is 2.62. The van der Waals surface area contributed by atoms with Crippen molar-refractivity contribution in [3.05, 3.63) is 95.0 Å². The third kappa shape index (κ3) is 4.74. The number of pyridine rings is 1. The third-order valence-electron chi connectivity index (χ3n) is 4.39. The van der Waals surface area contributed by atoms with Crippen molar-refractivity contribution in [2.75, 3.05) is 0 Å². The molecule has 0 bridgehead atoms. The van der Waals surface area contributed by atoms with Gasteiger partial charge in [0, 0.05) is 17.8 Å². The van der Waals surface area contributed by atoms with Crippen LogP contribution < -0.4 is 4.72 Å². The molecule has 4 rings (SSSR count). The summed E-state index contributed by atoms with van der Waals surface area (Å²) in [6, 6.07) is 21.9. The Labute approximate surface area is 178 Å². The highest BCUT2D eigenvalue weighted by molar-refractivity contribution is 7.89. The lowest BCUT2D eigenvalue weighted by atomic mass is 10.1. The molecule has 0 aliphatic rings. The van der Waals surface area contributed by atoms with Crippen molar-refractivity contribution in [1.29, 1.82) is 0 Å². The summed E-state index contributed by atoms with van der Waals surface area (Å²) in [5.41, 5.74) is 3.53. The van der Waals surface area contributed by atoms with Crippen LogP contribution in [0.4, 0.5) is 0 Å². The second kappa shape index (κ2) is 8.47. The minimum absolute atomic E-state index is 0.194. The van der Waals surface area contributed by atoms with E-state index in [4.69, 9.17) is 11.6 Å². The smallest absolute Gasteiger partial charge is 0.240 e. The maximum Gasteiger partial charge on any atom is 0.240 e. The fourth-order valence-electron chi connectivity index (χ4n) is 2.90. The Morgan fingerprint density at radius 1 is 0.931 bits per heavy atom. The Kier molecular flexibility index (Phi) is 5.78. The first-order valence-corrected chi connectivity index (χ1v) is 11.6. The molecule has 7 heteroatoms. The van der Waals surface area contributed by atoms with Crippen LogP contribution in [-0.2, 0) is 16.6 Å². The zero-order valence-electron chi connectivity index (χ0n) is 15.2. The van der Waals surface area contributed by atoms with Crippen LogP contribution in [0.2, 0.25) is 5.02 Å². The van der Waals surface area contributed by atoms with Gasteiger partial charge in [0.1, 0.15) is 0 Å². The Balaban J connectivity index is 1.48. The topological polar surface area (TPSA) is 59.1 Å². The summed E-state index contributed by atoms with van der Waals surface area (Å²) in [5.74, 6) is 0. The van der Waals surface area contributed by atoms with E-state index >= 15 is 0 Å². The molecule has 4 nitrogen and oxygen atoms in total. The Morgan fingerprint density at radius 3 is 2.48 bits per heavy atom. The van der Waals surface area contributed by atoms with Crippen molar-refractivity contribution < 1.29 is 8.42 Å². The van der Waals surface area contributed by atoms with Gasteiger partial charge in [0.05, 0.1) is 15.5 Å². The zero-order valence-corrected chi connectivity index (χ0v) is 17.6. The maximum atomic E-state index is 12.7. The number of halogens is 1. The molecular weight excluding hydrogens is 424 g/mol. The van der Waals surface area contributed by atoms with E-state index in [1.54, 1.807) is 47.9 Å². The highest BCUT2D eigenvalue weighted by Crippen LogP contribution is 2.25. The summed E-state index contributed by atoms with van der Waals surface area (Å²) in [6.07, 6.45) is 1.69. The Hall–Kier alpha value is -2.51. The molecule has 146 valence electrons. The number of sulfonamides is 1. The number of hydrogen-bond acceptors (Lipinski definition) is 4. The normalized spacial score (nSPS) is 11.5. The van der Waals surface area contributed by atoms with E-state index in [0.717, 1.165) is 27.3 Å². The van der Waals surface area contributed by atoms with Gasteiger partial charge in [-0.2, -0.15) is 0 Å². The second-order valence-corrected chi connectivity index (χ2v) is 9.54. The molecule has 0 aliphatic heterocycles. The van der Waals surface area contributed by atoms with Crippen LogP contribution in [0, 0.1) is 0 Å². The van der Waals surface area contributed by atoms with Crippen LogP contribution in [0.3, 0.4) is 0 Å². The van der Waals surface area contributed by atoms with Gasteiger partial charge in [-0.05, 0) is 64.5 Å². The number of nitrogens with one attached hydrogen (secondary N) is 1. The molecule has 2 heterocycles. The van der Waals surface area contributed by atoms with Crippen molar-refractivity contribution in [3.63, 3.8) is 0 Å². The van der Waals surface area contributed by atoms with Crippen LogP contribution in [-0.4, -0.2) is 13.4 Å². The molecule has 0 fully saturated rings. The fourth-order valence-corrected chi connectivity index (χ4v) is 4.80. The molecule has 0 saturated heterocycles. The second-order valence-electron chi connectivity index (χ2n) is 6.39. The summed E-state index contributed by atoms with van der Waals surface area (Å²) in [4.78, 5) is 5.62. The first-order chi connectivity index (χ1) is 14.0. The first-order valence-electron chi connectivity index (χ1n) is 8.86. The number of thiophene rings is 1. The molecule has 2 aromatic heterocycles. The molecule has 4 aromatic rings. The van der Waals surface area contributed by atoms with E-state index in [1.165, 1.54) is 0 Å². The average molecular weight is 441 g/mol. The van der Waals surface area contributed by atoms with Crippen LogP contribution in [0.25, 0.3) is 21.7 Å². The molecule has 0 unspecified atom stereocenters. The Morgan fingerprint density at radius 2 is 1.76 bits per heavy atom. The zero-order chi connectivity index (χ0) is 20.3. The van der Waals surface area contributed by atoms with E-state index in [0.29, 0.717) is 5.02 Å². The van der Waals surface area contributed by atoms with E-state index in [9.17, 15) is 8.42 Å². The number of rotatable bonds is 6. The van der Waals surface area contributed by atoms with Crippen molar-refractivity contribution in [1.82, 2.24) is 9.71 Å². The summed E-state index contributed by atoms with van der Waals surface area (Å²) < 4.78 is 28.0. The predicted octanol–water partition coefficient (Wildman–Crippen LogP) is 5.61. The van der Waals surface area contributed by atoms with Crippen LogP contribution in [0.1, 0.15) is 5.56 Å². The molecule has 0 aliphatic carbocycles. The monoisotopic (exact) mass is 440 g/mol. The molecule has 0 radical (unpaired) electrons. The van der Waals surface area contributed by atoms with Crippen LogP contribution in [0.15, 0.2) is 89.3 Å². The highest BCUT2D eigenvalue weighted by Gasteiger charge is 2.14. The van der Waals surface area contributed by atoms with Gasteiger partial charge in [-0.25, -0.2) is 13.1 Å². The van der Waals surface area contributed by atoms with Crippen molar-refractivity contribution in [2.24, 2.45) is 0 Å². The first kappa shape index (κ1) is 19.8. The quantitative estimate of drug-likeness (QED) is 0.424. The minimum atomic E-state index is -3.63. The van der Waals surface area contributed by atoms with Gasteiger partial charge in [-0.3, -0.25) is 4.98 Å². The van der Waals surface area contributed by atoms with E-state index in [1.807, 2.05) is 47.8 Å². The lowest BCUT2D eigenvalue weighted by molar-refractivity contribution is 0.581.